The lowest BCUT2D eigenvalue weighted by molar-refractivity contribution is -0.0994. The Kier molecular flexibility index (Phi) is 8.49. The summed E-state index contributed by atoms with van der Waals surface area (Å²) in [6.45, 7) is 12.9. The largest absolute Gasteiger partial charge is 0.377 e. The van der Waals surface area contributed by atoms with E-state index in [0.29, 0.717) is 6.10 Å². The lowest BCUT2D eigenvalue weighted by atomic mass is 9.81. The Morgan fingerprint density at radius 1 is 1.30 bits per heavy atom. The molecule has 23 heavy (non-hydrogen) atoms. The third-order valence-electron chi connectivity index (χ3n) is 4.45. The van der Waals surface area contributed by atoms with E-state index in [1.54, 1.807) is 0 Å². The van der Waals surface area contributed by atoms with Crippen LogP contribution in [0.5, 0.6) is 0 Å². The molecule has 0 saturated carbocycles. The minimum absolute atomic E-state index is 0.142. The highest BCUT2D eigenvalue weighted by molar-refractivity contribution is 5.13. The van der Waals surface area contributed by atoms with Crippen molar-refractivity contribution in [2.75, 3.05) is 39.9 Å². The van der Waals surface area contributed by atoms with Crippen LogP contribution in [-0.2, 0) is 9.47 Å². The summed E-state index contributed by atoms with van der Waals surface area (Å²) >= 11 is 0. The van der Waals surface area contributed by atoms with Gasteiger partial charge in [0.25, 0.3) is 0 Å². The molecule has 0 aromatic rings. The standard InChI is InChI=1S/C12H20N2O.C6H15NO/c1-11(2)9-12(10-13,5-8-15-11)14-6-3-4-7-14;1-6(2)8-5-4-7-3/h3-9H2,1-2H3;6-7H,4-5H2,1-3H3. The molecule has 2 saturated heterocycles. The number of nitriles is 1. The average molecular weight is 325 g/mol. The van der Waals surface area contributed by atoms with Crippen molar-refractivity contribution in [3.05, 3.63) is 0 Å². The summed E-state index contributed by atoms with van der Waals surface area (Å²) in [5, 5.41) is 12.5. The van der Waals surface area contributed by atoms with Gasteiger partial charge in [0.2, 0.25) is 0 Å². The van der Waals surface area contributed by atoms with E-state index in [1.807, 2.05) is 20.9 Å². The van der Waals surface area contributed by atoms with E-state index in [2.05, 4.69) is 30.1 Å². The molecule has 2 heterocycles. The first-order valence-electron chi connectivity index (χ1n) is 8.92. The molecule has 1 N–H and O–H groups in total. The summed E-state index contributed by atoms with van der Waals surface area (Å²) in [5.41, 5.74) is -0.394. The highest BCUT2D eigenvalue weighted by Gasteiger charge is 2.45. The molecular formula is C18H35N3O2. The van der Waals surface area contributed by atoms with Crippen molar-refractivity contribution in [2.24, 2.45) is 0 Å². The van der Waals surface area contributed by atoms with E-state index >= 15 is 0 Å². The van der Waals surface area contributed by atoms with Crippen molar-refractivity contribution in [3.63, 3.8) is 0 Å². The predicted molar refractivity (Wildman–Crippen MR) is 93.4 cm³/mol. The van der Waals surface area contributed by atoms with Crippen molar-refractivity contribution in [1.82, 2.24) is 10.2 Å². The summed E-state index contributed by atoms with van der Waals surface area (Å²) in [7, 11) is 1.92. The molecule has 2 aliphatic rings. The molecule has 0 amide bonds. The van der Waals surface area contributed by atoms with Gasteiger partial charge < -0.3 is 14.8 Å². The first-order chi connectivity index (χ1) is 10.9. The first kappa shape index (κ1) is 20.4. The molecule has 2 rings (SSSR count). The maximum Gasteiger partial charge on any atom is 0.114 e. The van der Waals surface area contributed by atoms with Crippen LogP contribution in [-0.4, -0.2) is 62.0 Å². The van der Waals surface area contributed by atoms with Gasteiger partial charge in [0.1, 0.15) is 5.54 Å². The van der Waals surface area contributed by atoms with Crippen LogP contribution in [0.1, 0.15) is 53.4 Å². The number of ether oxygens (including phenoxy) is 2. The summed E-state index contributed by atoms with van der Waals surface area (Å²) in [6.07, 6.45) is 4.56. The average Bonchev–Trinajstić information content (AvgIpc) is 3.01. The van der Waals surface area contributed by atoms with Gasteiger partial charge in [-0.2, -0.15) is 5.26 Å². The van der Waals surface area contributed by atoms with Gasteiger partial charge in [-0.15, -0.1) is 0 Å². The second kappa shape index (κ2) is 9.58. The summed E-state index contributed by atoms with van der Waals surface area (Å²) < 4.78 is 10.9. The summed E-state index contributed by atoms with van der Waals surface area (Å²) in [5.74, 6) is 0. The quantitative estimate of drug-likeness (QED) is 0.787. The fourth-order valence-corrected chi connectivity index (χ4v) is 3.32. The van der Waals surface area contributed by atoms with Crippen LogP contribution >= 0.6 is 0 Å². The molecule has 0 aliphatic carbocycles. The van der Waals surface area contributed by atoms with Crippen molar-refractivity contribution in [1.29, 1.82) is 5.26 Å². The van der Waals surface area contributed by atoms with E-state index in [0.717, 1.165) is 45.7 Å². The fourth-order valence-electron chi connectivity index (χ4n) is 3.32. The van der Waals surface area contributed by atoms with Crippen molar-refractivity contribution >= 4 is 0 Å². The Labute approximate surface area is 142 Å². The fraction of sp³-hybridized carbons (Fsp3) is 0.944. The van der Waals surface area contributed by atoms with Crippen LogP contribution in [0.3, 0.4) is 0 Å². The molecule has 0 aromatic carbocycles. The third-order valence-corrected chi connectivity index (χ3v) is 4.45. The SMILES string of the molecule is CC1(C)CC(C#N)(N2CCCC2)CCO1.CNCCOC(C)C. The van der Waals surface area contributed by atoms with Crippen molar-refractivity contribution < 1.29 is 9.47 Å². The van der Waals surface area contributed by atoms with Crippen LogP contribution in [0.25, 0.3) is 0 Å². The molecule has 0 bridgehead atoms. The van der Waals surface area contributed by atoms with Crippen LogP contribution in [0.4, 0.5) is 0 Å². The topological polar surface area (TPSA) is 57.5 Å². The number of hydrogen-bond acceptors (Lipinski definition) is 5. The van der Waals surface area contributed by atoms with Gasteiger partial charge in [-0.1, -0.05) is 0 Å². The van der Waals surface area contributed by atoms with E-state index in [9.17, 15) is 5.26 Å². The van der Waals surface area contributed by atoms with E-state index in [1.165, 1.54) is 12.8 Å². The Morgan fingerprint density at radius 2 is 1.96 bits per heavy atom. The number of rotatable bonds is 5. The van der Waals surface area contributed by atoms with Gasteiger partial charge in [-0.25, -0.2) is 0 Å². The van der Waals surface area contributed by atoms with Crippen LogP contribution < -0.4 is 5.32 Å². The number of nitrogens with zero attached hydrogens (tertiary/aromatic N) is 2. The molecule has 134 valence electrons. The second-order valence-electron chi connectivity index (χ2n) is 7.40. The Bertz CT molecular complexity index is 373. The maximum atomic E-state index is 9.49. The van der Waals surface area contributed by atoms with E-state index in [-0.39, 0.29) is 11.1 Å². The third kappa shape index (κ3) is 6.76. The Hall–Kier alpha value is -0.670. The van der Waals surface area contributed by atoms with Crippen LogP contribution in [0.15, 0.2) is 0 Å². The lowest BCUT2D eigenvalue weighted by Crippen LogP contribution is -2.54. The lowest BCUT2D eigenvalue weighted by Gasteiger charge is -2.45. The van der Waals surface area contributed by atoms with Gasteiger partial charge in [0.05, 0.1) is 31.0 Å². The molecule has 0 radical (unpaired) electrons. The number of nitrogens with one attached hydrogen (secondary N) is 1. The molecular weight excluding hydrogens is 290 g/mol. The highest BCUT2D eigenvalue weighted by Crippen LogP contribution is 2.37. The molecule has 5 nitrogen and oxygen atoms in total. The van der Waals surface area contributed by atoms with Gasteiger partial charge in [0, 0.05) is 19.4 Å². The van der Waals surface area contributed by atoms with E-state index < -0.39 is 0 Å². The Balaban J connectivity index is 0.000000284. The zero-order valence-electron chi connectivity index (χ0n) is 15.7. The first-order valence-corrected chi connectivity index (χ1v) is 8.92. The van der Waals surface area contributed by atoms with Gasteiger partial charge in [-0.05, 0) is 60.7 Å². The molecule has 2 aliphatic heterocycles. The van der Waals surface area contributed by atoms with Gasteiger partial charge in [-0.3, -0.25) is 4.90 Å². The van der Waals surface area contributed by atoms with E-state index in [4.69, 9.17) is 9.47 Å². The molecule has 5 heteroatoms. The monoisotopic (exact) mass is 325 g/mol. The normalized spacial score (nSPS) is 27.3. The summed E-state index contributed by atoms with van der Waals surface area (Å²) in [4.78, 5) is 2.37. The molecule has 2 fully saturated rings. The second-order valence-corrected chi connectivity index (χ2v) is 7.40. The molecule has 0 aromatic heterocycles. The van der Waals surface area contributed by atoms with Gasteiger partial charge >= 0.3 is 0 Å². The smallest absolute Gasteiger partial charge is 0.114 e. The Morgan fingerprint density at radius 3 is 2.43 bits per heavy atom. The minimum Gasteiger partial charge on any atom is -0.377 e. The predicted octanol–water partition coefficient (Wildman–Crippen LogP) is 2.56. The molecule has 1 atom stereocenters. The number of likely N-dealkylation sites (N-methyl/N-ethyl adjacent to an activating group) is 1. The highest BCUT2D eigenvalue weighted by atomic mass is 16.5. The zero-order chi connectivity index (χ0) is 17.3. The zero-order valence-corrected chi connectivity index (χ0v) is 15.7. The van der Waals surface area contributed by atoms with Crippen LogP contribution in [0, 0.1) is 11.3 Å². The summed E-state index contributed by atoms with van der Waals surface area (Å²) in [6, 6.07) is 2.56. The maximum absolute atomic E-state index is 9.49. The van der Waals surface area contributed by atoms with Crippen LogP contribution in [0.2, 0.25) is 0 Å². The van der Waals surface area contributed by atoms with Gasteiger partial charge in [0.15, 0.2) is 0 Å². The van der Waals surface area contributed by atoms with Crippen molar-refractivity contribution in [3.8, 4) is 6.07 Å². The number of likely N-dealkylation sites (tertiary alicyclic amines) is 1. The molecule has 0 spiro atoms. The minimum atomic E-state index is -0.252. The molecule has 1 unspecified atom stereocenters. The van der Waals surface area contributed by atoms with Crippen molar-refractivity contribution in [2.45, 2.75) is 70.6 Å². The number of hydrogen-bond donors (Lipinski definition) is 1.